The molecule has 0 fully saturated rings. The van der Waals surface area contributed by atoms with Gasteiger partial charge in [-0.1, -0.05) is 30.3 Å². The zero-order valence-electron chi connectivity index (χ0n) is 11.7. The Labute approximate surface area is 118 Å². The van der Waals surface area contributed by atoms with Gasteiger partial charge in [0.25, 0.3) is 5.91 Å². The van der Waals surface area contributed by atoms with Crippen LogP contribution >= 0.6 is 0 Å². The minimum Gasteiger partial charge on any atom is -0.469 e. The molecule has 1 heterocycles. The molecule has 0 spiro atoms. The molecule has 0 aliphatic rings. The summed E-state index contributed by atoms with van der Waals surface area (Å²) in [6.07, 6.45) is 3.22. The number of benzene rings is 1. The van der Waals surface area contributed by atoms with Gasteiger partial charge in [0.1, 0.15) is 5.76 Å². The lowest BCUT2D eigenvalue weighted by atomic mass is 10.1. The largest absolute Gasteiger partial charge is 0.469 e. The summed E-state index contributed by atoms with van der Waals surface area (Å²) in [4.78, 5) is 11.8. The van der Waals surface area contributed by atoms with Crippen LogP contribution in [0, 0.1) is 6.92 Å². The second-order valence-corrected chi connectivity index (χ2v) is 4.66. The number of nitrogens with zero attached hydrogens (tertiary/aromatic N) is 1. The van der Waals surface area contributed by atoms with Gasteiger partial charge in [-0.2, -0.15) is 5.10 Å². The fourth-order valence-corrected chi connectivity index (χ4v) is 1.85. The molecule has 104 valence electrons. The first-order valence-corrected chi connectivity index (χ1v) is 6.58. The smallest absolute Gasteiger partial charge is 0.274 e. The van der Waals surface area contributed by atoms with Crippen LogP contribution in [0.3, 0.4) is 0 Å². The molecule has 0 bridgehead atoms. The first-order chi connectivity index (χ1) is 9.66. The predicted molar refractivity (Wildman–Crippen MR) is 78.8 cm³/mol. The zero-order valence-corrected chi connectivity index (χ0v) is 11.7. The first-order valence-electron chi connectivity index (χ1n) is 6.58. The number of hydrogen-bond acceptors (Lipinski definition) is 3. The van der Waals surface area contributed by atoms with Gasteiger partial charge in [-0.05, 0) is 38.3 Å². The van der Waals surface area contributed by atoms with Crippen molar-refractivity contribution >= 4 is 11.6 Å². The molecule has 1 amide bonds. The molecule has 0 atom stereocenters. The summed E-state index contributed by atoms with van der Waals surface area (Å²) in [7, 11) is 0. The van der Waals surface area contributed by atoms with Gasteiger partial charge in [0.2, 0.25) is 0 Å². The minimum atomic E-state index is -0.240. The number of rotatable bonds is 5. The highest BCUT2D eigenvalue weighted by Crippen LogP contribution is 2.08. The number of carbonyl (C=O) groups excluding carboxylic acids is 1. The van der Waals surface area contributed by atoms with E-state index in [1.807, 2.05) is 25.1 Å². The van der Waals surface area contributed by atoms with Crippen molar-refractivity contribution in [2.24, 2.45) is 5.10 Å². The molecule has 0 saturated heterocycles. The number of hydrogen-bond donors (Lipinski definition) is 1. The predicted octanol–water partition coefficient (Wildman–Crippen LogP) is 3.33. The van der Waals surface area contributed by atoms with Crippen molar-refractivity contribution in [2.45, 2.75) is 26.7 Å². The van der Waals surface area contributed by atoms with Gasteiger partial charge in [-0.3, -0.25) is 4.79 Å². The molecule has 20 heavy (non-hydrogen) atoms. The van der Waals surface area contributed by atoms with Crippen LogP contribution < -0.4 is 5.43 Å². The fraction of sp³-hybridized carbons (Fsp3) is 0.250. The van der Waals surface area contributed by atoms with Gasteiger partial charge in [-0.15, -0.1) is 0 Å². The molecule has 0 aliphatic carbocycles. The van der Waals surface area contributed by atoms with Crippen molar-refractivity contribution < 1.29 is 9.21 Å². The highest BCUT2D eigenvalue weighted by atomic mass is 16.3. The quantitative estimate of drug-likeness (QED) is 0.669. The molecule has 0 radical (unpaired) electrons. The Bertz CT molecular complexity index is 600. The molecule has 1 N–H and O–H groups in total. The van der Waals surface area contributed by atoms with Crippen molar-refractivity contribution in [1.29, 1.82) is 0 Å². The normalized spacial score (nSPS) is 11.4. The average molecular weight is 270 g/mol. The average Bonchev–Trinajstić information content (AvgIpc) is 2.90. The van der Waals surface area contributed by atoms with E-state index in [-0.39, 0.29) is 5.91 Å². The molecule has 0 unspecified atom stereocenters. The second kappa shape index (κ2) is 6.70. The molecule has 1 aromatic heterocycles. The molecule has 4 nitrogen and oxygen atoms in total. The van der Waals surface area contributed by atoms with Crippen molar-refractivity contribution in [3.05, 3.63) is 59.5 Å². The van der Waals surface area contributed by atoms with Crippen molar-refractivity contribution in [1.82, 2.24) is 5.43 Å². The number of nitrogens with one attached hydrogen (secondary N) is 1. The monoisotopic (exact) mass is 270 g/mol. The van der Waals surface area contributed by atoms with Crippen LogP contribution in [0.25, 0.3) is 0 Å². The number of amides is 1. The maximum absolute atomic E-state index is 11.8. The van der Waals surface area contributed by atoms with E-state index in [1.54, 1.807) is 13.0 Å². The number of aryl methyl sites for hydroxylation is 2. The highest BCUT2D eigenvalue weighted by Gasteiger charge is 2.10. The SMILES string of the molecule is C/C(CCc1ccccc1)=N/NC(=O)c1ccoc1C. The fourth-order valence-electron chi connectivity index (χ4n) is 1.85. The summed E-state index contributed by atoms with van der Waals surface area (Å²) in [5, 5.41) is 4.11. The molecule has 0 saturated carbocycles. The molecule has 2 rings (SSSR count). The van der Waals surface area contributed by atoms with Crippen LogP contribution in [0.1, 0.15) is 35.0 Å². The molecular weight excluding hydrogens is 252 g/mol. The van der Waals surface area contributed by atoms with E-state index in [2.05, 4.69) is 22.7 Å². The standard InChI is InChI=1S/C16H18N2O2/c1-12(8-9-14-6-4-3-5-7-14)17-18-16(19)15-10-11-20-13(15)2/h3-7,10-11H,8-9H2,1-2H3,(H,18,19)/b17-12-. The third kappa shape index (κ3) is 3.82. The lowest BCUT2D eigenvalue weighted by molar-refractivity contribution is 0.0953. The van der Waals surface area contributed by atoms with Gasteiger partial charge < -0.3 is 4.42 Å². The van der Waals surface area contributed by atoms with Crippen LogP contribution in [0.4, 0.5) is 0 Å². The van der Waals surface area contributed by atoms with E-state index < -0.39 is 0 Å². The van der Waals surface area contributed by atoms with E-state index >= 15 is 0 Å². The maximum Gasteiger partial charge on any atom is 0.274 e. The van der Waals surface area contributed by atoms with Crippen molar-refractivity contribution in [3.8, 4) is 0 Å². The molecule has 0 aliphatic heterocycles. The second-order valence-electron chi connectivity index (χ2n) is 4.66. The van der Waals surface area contributed by atoms with E-state index in [1.165, 1.54) is 11.8 Å². The Balaban J connectivity index is 1.85. The maximum atomic E-state index is 11.8. The Morgan fingerprint density at radius 1 is 1.25 bits per heavy atom. The van der Waals surface area contributed by atoms with Crippen molar-refractivity contribution in [2.75, 3.05) is 0 Å². The molecule has 1 aromatic carbocycles. The Morgan fingerprint density at radius 3 is 2.65 bits per heavy atom. The van der Waals surface area contributed by atoms with Crippen LogP contribution in [0.15, 0.2) is 52.2 Å². The van der Waals surface area contributed by atoms with E-state index in [9.17, 15) is 4.79 Å². The van der Waals surface area contributed by atoms with E-state index in [0.29, 0.717) is 11.3 Å². The van der Waals surface area contributed by atoms with Crippen LogP contribution in [0.5, 0.6) is 0 Å². The van der Waals surface area contributed by atoms with Gasteiger partial charge in [-0.25, -0.2) is 5.43 Å². The molecular formula is C16H18N2O2. The van der Waals surface area contributed by atoms with Gasteiger partial charge in [0, 0.05) is 5.71 Å². The first kappa shape index (κ1) is 14.1. The summed E-state index contributed by atoms with van der Waals surface area (Å²) in [5.74, 6) is 0.356. The summed E-state index contributed by atoms with van der Waals surface area (Å²) in [6.45, 7) is 3.66. The van der Waals surface area contributed by atoms with Crippen LogP contribution in [-0.2, 0) is 6.42 Å². The summed E-state index contributed by atoms with van der Waals surface area (Å²) >= 11 is 0. The lowest BCUT2D eigenvalue weighted by Crippen LogP contribution is -2.19. The van der Waals surface area contributed by atoms with Crippen molar-refractivity contribution in [3.63, 3.8) is 0 Å². The molecule has 4 heteroatoms. The summed E-state index contributed by atoms with van der Waals surface area (Å²) < 4.78 is 5.09. The highest BCUT2D eigenvalue weighted by molar-refractivity contribution is 5.96. The zero-order chi connectivity index (χ0) is 14.4. The van der Waals surface area contributed by atoms with Gasteiger partial charge >= 0.3 is 0 Å². The molecule has 2 aromatic rings. The summed E-state index contributed by atoms with van der Waals surface area (Å²) in [6, 6.07) is 11.8. The van der Waals surface area contributed by atoms with Gasteiger partial charge in [0.15, 0.2) is 0 Å². The third-order valence-electron chi connectivity index (χ3n) is 3.07. The summed E-state index contributed by atoms with van der Waals surface area (Å²) in [5.41, 5.74) is 5.22. The number of hydrazone groups is 1. The van der Waals surface area contributed by atoms with Gasteiger partial charge in [0.05, 0.1) is 11.8 Å². The van der Waals surface area contributed by atoms with Crippen LogP contribution in [-0.4, -0.2) is 11.6 Å². The number of furan rings is 1. The Kier molecular flexibility index (Phi) is 4.71. The Hall–Kier alpha value is -2.36. The minimum absolute atomic E-state index is 0.240. The number of carbonyl (C=O) groups is 1. The topological polar surface area (TPSA) is 54.6 Å². The third-order valence-corrected chi connectivity index (χ3v) is 3.07. The van der Waals surface area contributed by atoms with Crippen LogP contribution in [0.2, 0.25) is 0 Å². The Morgan fingerprint density at radius 2 is 2.00 bits per heavy atom. The lowest BCUT2D eigenvalue weighted by Gasteiger charge is -2.03. The van der Waals surface area contributed by atoms with E-state index in [0.717, 1.165) is 18.6 Å². The van der Waals surface area contributed by atoms with E-state index in [4.69, 9.17) is 4.42 Å².